The highest BCUT2D eigenvalue weighted by atomic mass is 16.5. The smallest absolute Gasteiger partial charge is 0.238 e. The minimum absolute atomic E-state index is 0.0354. The highest BCUT2D eigenvalue weighted by molar-refractivity contribution is 5.81. The summed E-state index contributed by atoms with van der Waals surface area (Å²) in [6, 6.07) is 8.33. The van der Waals surface area contributed by atoms with Gasteiger partial charge in [0, 0.05) is 11.6 Å². The zero-order valence-corrected chi connectivity index (χ0v) is 11.3. The molecule has 1 aromatic rings. The summed E-state index contributed by atoms with van der Waals surface area (Å²) in [6.45, 7) is 0.430. The zero-order valence-electron chi connectivity index (χ0n) is 11.3. The molecule has 1 amide bonds. The summed E-state index contributed by atoms with van der Waals surface area (Å²) in [5.41, 5.74) is 1.06. The Labute approximate surface area is 113 Å². The topological polar surface area (TPSA) is 41.6 Å². The minimum atomic E-state index is -0.0354. The first-order valence-electron chi connectivity index (χ1n) is 6.98. The standard InChI is InChI=1S/C15H20N2O2/c1-19-13-9-5-4-8-12(13)15-16-10-14(18)17(15)11-6-2-3-7-11/h4-5,8-9,11,15-16H,2-3,6-7,10H2,1H3. The van der Waals surface area contributed by atoms with Crippen molar-refractivity contribution in [2.75, 3.05) is 13.7 Å². The van der Waals surface area contributed by atoms with Crippen LogP contribution in [-0.2, 0) is 4.79 Å². The van der Waals surface area contributed by atoms with Crippen LogP contribution < -0.4 is 10.1 Å². The molecule has 0 bridgehead atoms. The van der Waals surface area contributed by atoms with Crippen molar-refractivity contribution in [3.8, 4) is 5.75 Å². The Morgan fingerprint density at radius 1 is 1.26 bits per heavy atom. The fourth-order valence-electron chi connectivity index (χ4n) is 3.27. The van der Waals surface area contributed by atoms with Crippen LogP contribution in [0.25, 0.3) is 0 Å². The maximum atomic E-state index is 12.2. The summed E-state index contributed by atoms with van der Waals surface area (Å²) >= 11 is 0. The predicted molar refractivity (Wildman–Crippen MR) is 72.8 cm³/mol. The normalized spacial score (nSPS) is 24.2. The fourth-order valence-corrected chi connectivity index (χ4v) is 3.27. The first kappa shape index (κ1) is 12.5. The summed E-state index contributed by atoms with van der Waals surface area (Å²) in [6.07, 6.45) is 4.67. The molecular weight excluding hydrogens is 240 g/mol. The molecule has 1 aliphatic heterocycles. The van der Waals surface area contributed by atoms with Gasteiger partial charge < -0.3 is 9.64 Å². The van der Waals surface area contributed by atoms with Crippen molar-refractivity contribution in [2.45, 2.75) is 37.9 Å². The summed E-state index contributed by atoms with van der Waals surface area (Å²) < 4.78 is 5.43. The number of rotatable bonds is 3. The van der Waals surface area contributed by atoms with Crippen LogP contribution in [0.1, 0.15) is 37.4 Å². The quantitative estimate of drug-likeness (QED) is 0.904. The van der Waals surface area contributed by atoms with Gasteiger partial charge in [0.05, 0.1) is 13.7 Å². The zero-order chi connectivity index (χ0) is 13.2. The molecular formula is C15H20N2O2. The molecule has 0 aromatic heterocycles. The number of carbonyl (C=O) groups is 1. The average molecular weight is 260 g/mol. The number of amides is 1. The number of ether oxygens (including phenoxy) is 1. The van der Waals surface area contributed by atoms with Crippen molar-refractivity contribution in [3.63, 3.8) is 0 Å². The average Bonchev–Trinajstić information content (AvgIpc) is 3.07. The maximum absolute atomic E-state index is 12.2. The van der Waals surface area contributed by atoms with E-state index in [0.29, 0.717) is 12.6 Å². The summed E-state index contributed by atoms with van der Waals surface area (Å²) in [5.74, 6) is 1.06. The minimum Gasteiger partial charge on any atom is -0.496 e. The molecule has 1 heterocycles. The number of hydrogen-bond acceptors (Lipinski definition) is 3. The third-order valence-corrected chi connectivity index (χ3v) is 4.16. The van der Waals surface area contributed by atoms with Crippen LogP contribution in [0.4, 0.5) is 0 Å². The van der Waals surface area contributed by atoms with Crippen LogP contribution in [0, 0.1) is 0 Å². The van der Waals surface area contributed by atoms with Gasteiger partial charge in [-0.15, -0.1) is 0 Å². The van der Waals surface area contributed by atoms with E-state index in [2.05, 4.69) is 5.32 Å². The predicted octanol–water partition coefficient (Wildman–Crippen LogP) is 2.07. The van der Waals surface area contributed by atoms with Crippen molar-refractivity contribution in [2.24, 2.45) is 0 Å². The van der Waals surface area contributed by atoms with Gasteiger partial charge in [0.15, 0.2) is 0 Å². The molecule has 4 heteroatoms. The number of hydrogen-bond donors (Lipinski definition) is 1. The summed E-state index contributed by atoms with van der Waals surface area (Å²) in [5, 5.41) is 3.32. The van der Waals surface area contributed by atoms with Crippen molar-refractivity contribution in [1.29, 1.82) is 0 Å². The SMILES string of the molecule is COc1ccccc1C1NCC(=O)N1C1CCCC1. The number of methoxy groups -OCH3 is 1. The summed E-state index contributed by atoms with van der Waals surface area (Å²) in [7, 11) is 1.68. The van der Waals surface area contributed by atoms with Crippen LogP contribution in [0.5, 0.6) is 5.75 Å². The lowest BCUT2D eigenvalue weighted by Crippen LogP contribution is -2.38. The van der Waals surface area contributed by atoms with Gasteiger partial charge in [0.2, 0.25) is 5.91 Å². The fraction of sp³-hybridized carbons (Fsp3) is 0.533. The van der Waals surface area contributed by atoms with Crippen LogP contribution in [0.3, 0.4) is 0 Å². The lowest BCUT2D eigenvalue weighted by Gasteiger charge is -2.31. The molecule has 102 valence electrons. The van der Waals surface area contributed by atoms with Crippen LogP contribution in [0.15, 0.2) is 24.3 Å². The Hall–Kier alpha value is -1.55. The molecule has 19 heavy (non-hydrogen) atoms. The number of nitrogens with zero attached hydrogens (tertiary/aromatic N) is 1. The number of nitrogens with one attached hydrogen (secondary N) is 1. The molecule has 2 fully saturated rings. The van der Waals surface area contributed by atoms with Gasteiger partial charge in [0.25, 0.3) is 0 Å². The molecule has 2 aliphatic rings. The van der Waals surface area contributed by atoms with Gasteiger partial charge in [-0.3, -0.25) is 10.1 Å². The van der Waals surface area contributed by atoms with E-state index >= 15 is 0 Å². The van der Waals surface area contributed by atoms with E-state index < -0.39 is 0 Å². The van der Waals surface area contributed by atoms with E-state index in [4.69, 9.17) is 4.74 Å². The highest BCUT2D eigenvalue weighted by Gasteiger charge is 2.38. The van der Waals surface area contributed by atoms with Gasteiger partial charge in [-0.1, -0.05) is 31.0 Å². The van der Waals surface area contributed by atoms with Gasteiger partial charge in [-0.05, 0) is 18.9 Å². The maximum Gasteiger partial charge on any atom is 0.238 e. The molecule has 1 aromatic carbocycles. The third-order valence-electron chi connectivity index (χ3n) is 4.16. The first-order valence-corrected chi connectivity index (χ1v) is 6.98. The van der Waals surface area contributed by atoms with Gasteiger partial charge in [-0.25, -0.2) is 0 Å². The highest BCUT2D eigenvalue weighted by Crippen LogP contribution is 2.35. The lowest BCUT2D eigenvalue weighted by molar-refractivity contribution is -0.130. The van der Waals surface area contributed by atoms with Gasteiger partial charge in [0.1, 0.15) is 11.9 Å². The number of carbonyl (C=O) groups excluding carboxylic acids is 1. The third kappa shape index (κ3) is 2.21. The van der Waals surface area contributed by atoms with Gasteiger partial charge in [-0.2, -0.15) is 0 Å². The molecule has 4 nitrogen and oxygen atoms in total. The van der Waals surface area contributed by atoms with Crippen molar-refractivity contribution in [3.05, 3.63) is 29.8 Å². The molecule has 0 radical (unpaired) electrons. The lowest BCUT2D eigenvalue weighted by atomic mass is 10.1. The van der Waals surface area contributed by atoms with Gasteiger partial charge >= 0.3 is 0 Å². The molecule has 3 rings (SSSR count). The largest absolute Gasteiger partial charge is 0.496 e. The van der Waals surface area contributed by atoms with E-state index in [0.717, 1.165) is 24.2 Å². The molecule has 1 saturated heterocycles. The van der Waals surface area contributed by atoms with Crippen LogP contribution in [0.2, 0.25) is 0 Å². The Balaban J connectivity index is 1.91. The number of para-hydroxylation sites is 1. The molecule has 1 aliphatic carbocycles. The Kier molecular flexibility index (Phi) is 3.42. The molecule has 1 saturated carbocycles. The first-order chi connectivity index (χ1) is 9.31. The molecule has 1 atom stereocenters. The van der Waals surface area contributed by atoms with E-state index in [-0.39, 0.29) is 12.1 Å². The van der Waals surface area contributed by atoms with E-state index in [1.165, 1.54) is 12.8 Å². The second-order valence-corrected chi connectivity index (χ2v) is 5.26. The van der Waals surface area contributed by atoms with Crippen molar-refractivity contribution < 1.29 is 9.53 Å². The van der Waals surface area contributed by atoms with E-state index in [1.807, 2.05) is 29.2 Å². The van der Waals surface area contributed by atoms with Crippen molar-refractivity contribution in [1.82, 2.24) is 10.2 Å². The Morgan fingerprint density at radius 2 is 2.00 bits per heavy atom. The second kappa shape index (κ2) is 5.21. The van der Waals surface area contributed by atoms with Crippen LogP contribution in [-0.4, -0.2) is 30.5 Å². The monoisotopic (exact) mass is 260 g/mol. The van der Waals surface area contributed by atoms with Crippen molar-refractivity contribution >= 4 is 5.91 Å². The molecule has 0 spiro atoms. The molecule has 1 unspecified atom stereocenters. The Bertz CT molecular complexity index is 469. The van der Waals surface area contributed by atoms with Crippen LogP contribution >= 0.6 is 0 Å². The number of benzene rings is 1. The Morgan fingerprint density at radius 3 is 2.74 bits per heavy atom. The second-order valence-electron chi connectivity index (χ2n) is 5.26. The summed E-state index contributed by atoms with van der Waals surface area (Å²) in [4.78, 5) is 14.2. The van der Waals surface area contributed by atoms with E-state index in [1.54, 1.807) is 7.11 Å². The van der Waals surface area contributed by atoms with E-state index in [9.17, 15) is 4.79 Å². The molecule has 1 N–H and O–H groups in total.